The second-order valence-electron chi connectivity index (χ2n) is 16.0. The van der Waals surface area contributed by atoms with Crippen LogP contribution in [-0.4, -0.2) is 87.7 Å². The highest BCUT2D eigenvalue weighted by atomic mass is 35.5. The van der Waals surface area contributed by atoms with Crippen LogP contribution in [0.25, 0.3) is 11.3 Å². The van der Waals surface area contributed by atoms with E-state index >= 15 is 0 Å². The number of hydroxylamine groups is 1. The number of aromatic nitrogens is 5. The standard InChI is InChI=1S/C42H50ClN9O5/c1-42(2,3)37-26-39(51(47-37)30-11-13-34(43)29(25-30)17-20-48-21-23-55-24-22-48)52(56-28-53)41(54)44-35-14-15-36(33-10-6-5-9-32(33)35)57-31-12-16-38-45-46-40(50(38)27-31)49-18-7-4-8-19-49/h5-6,9-13,16,25-28,35-36H,4,7-8,14-15,17-24H2,1-3H3,(H,44,54)/t35-,36+/m0/s1. The van der Waals surface area contributed by atoms with Crippen LogP contribution in [0.1, 0.15) is 87.4 Å². The van der Waals surface area contributed by atoms with Gasteiger partial charge < -0.3 is 24.5 Å². The maximum atomic E-state index is 14.3. The first kappa shape index (κ1) is 38.7. The van der Waals surface area contributed by atoms with Crippen molar-refractivity contribution in [2.45, 2.75) is 76.9 Å². The van der Waals surface area contributed by atoms with Crippen LogP contribution >= 0.6 is 11.6 Å². The van der Waals surface area contributed by atoms with Gasteiger partial charge in [-0.3, -0.25) is 14.1 Å². The van der Waals surface area contributed by atoms with Gasteiger partial charge in [0.05, 0.1) is 36.8 Å². The van der Waals surface area contributed by atoms with Crippen LogP contribution in [0.15, 0.2) is 66.9 Å². The van der Waals surface area contributed by atoms with E-state index in [2.05, 4.69) is 25.3 Å². The quantitative estimate of drug-likeness (QED) is 0.110. The van der Waals surface area contributed by atoms with Crippen LogP contribution in [0.3, 0.4) is 0 Å². The van der Waals surface area contributed by atoms with Crippen LogP contribution in [0.4, 0.5) is 16.6 Å². The van der Waals surface area contributed by atoms with Gasteiger partial charge in [-0.05, 0) is 85.5 Å². The second kappa shape index (κ2) is 16.7. The molecule has 0 spiro atoms. The van der Waals surface area contributed by atoms with E-state index in [0.29, 0.717) is 35.0 Å². The van der Waals surface area contributed by atoms with Gasteiger partial charge in [-0.1, -0.05) is 56.6 Å². The number of carbonyl (C=O) groups excluding carboxylic acids is 2. The number of ether oxygens (including phenoxy) is 2. The first-order chi connectivity index (χ1) is 27.7. The van der Waals surface area contributed by atoms with Crippen LogP contribution < -0.4 is 20.0 Å². The second-order valence-corrected chi connectivity index (χ2v) is 16.4. The van der Waals surface area contributed by atoms with Crippen molar-refractivity contribution in [1.82, 2.24) is 34.6 Å². The van der Waals surface area contributed by atoms with Crippen LogP contribution in [-0.2, 0) is 26.2 Å². The Balaban J connectivity index is 1.03. The summed E-state index contributed by atoms with van der Waals surface area (Å²) in [5.41, 5.74) is 4.65. The number of morpholine rings is 1. The molecule has 0 unspecified atom stereocenters. The normalized spacial score (nSPS) is 18.9. The zero-order valence-corrected chi connectivity index (χ0v) is 33.5. The number of rotatable bonds is 11. The van der Waals surface area contributed by atoms with Crippen LogP contribution in [0, 0.1) is 0 Å². The fraction of sp³-hybridized carbons (Fsp3) is 0.452. The number of nitrogens with zero attached hydrogens (tertiary/aromatic N) is 8. The molecular weight excluding hydrogens is 746 g/mol. The summed E-state index contributed by atoms with van der Waals surface area (Å²) in [6.07, 6.45) is 7.19. The molecule has 3 aromatic heterocycles. The molecule has 8 rings (SSSR count). The molecule has 14 nitrogen and oxygen atoms in total. The van der Waals surface area contributed by atoms with E-state index in [-0.39, 0.29) is 29.9 Å². The van der Waals surface area contributed by atoms with Crippen molar-refractivity contribution in [3.05, 3.63) is 94.3 Å². The Kier molecular flexibility index (Phi) is 11.4. The van der Waals surface area contributed by atoms with Crippen molar-refractivity contribution < 1.29 is 23.9 Å². The molecule has 3 aliphatic rings. The molecular formula is C42H50ClN9O5. The van der Waals surface area contributed by atoms with E-state index in [1.807, 2.05) is 86.0 Å². The van der Waals surface area contributed by atoms with E-state index in [9.17, 15) is 9.59 Å². The Morgan fingerprint density at radius 1 is 0.982 bits per heavy atom. The van der Waals surface area contributed by atoms with Gasteiger partial charge in [-0.25, -0.2) is 9.48 Å². The number of nitrogens with one attached hydrogen (secondary N) is 1. The Bertz CT molecular complexity index is 2210. The monoisotopic (exact) mass is 795 g/mol. The molecule has 2 aromatic carbocycles. The first-order valence-corrected chi connectivity index (χ1v) is 20.3. The number of pyridine rings is 1. The topological polar surface area (TPSA) is 132 Å². The van der Waals surface area contributed by atoms with Crippen LogP contribution in [0.2, 0.25) is 5.02 Å². The van der Waals surface area contributed by atoms with Crippen molar-refractivity contribution in [3.63, 3.8) is 0 Å². The fourth-order valence-electron chi connectivity index (χ4n) is 7.94. The molecule has 5 heterocycles. The molecule has 0 saturated carbocycles. The lowest BCUT2D eigenvalue weighted by atomic mass is 9.85. The largest absolute Gasteiger partial charge is 0.484 e. The predicted molar refractivity (Wildman–Crippen MR) is 217 cm³/mol. The molecule has 2 saturated heterocycles. The van der Waals surface area contributed by atoms with Crippen molar-refractivity contribution >= 4 is 41.5 Å². The van der Waals surface area contributed by atoms with E-state index in [0.717, 1.165) is 98.5 Å². The molecule has 0 bridgehead atoms. The van der Waals surface area contributed by atoms with Gasteiger partial charge in [-0.15, -0.1) is 15.3 Å². The Hall–Kier alpha value is -5.18. The summed E-state index contributed by atoms with van der Waals surface area (Å²) in [6, 6.07) is 18.3. The van der Waals surface area contributed by atoms with Gasteiger partial charge in [0.2, 0.25) is 5.95 Å². The number of hydrogen-bond acceptors (Lipinski definition) is 10. The first-order valence-electron chi connectivity index (χ1n) is 19.9. The minimum absolute atomic E-state index is 0.248. The molecule has 15 heteroatoms. The number of piperidine rings is 1. The number of hydrogen-bond donors (Lipinski definition) is 1. The number of halogens is 1. The lowest BCUT2D eigenvalue weighted by molar-refractivity contribution is -0.129. The van der Waals surface area contributed by atoms with Crippen molar-refractivity contribution in [3.8, 4) is 11.4 Å². The van der Waals surface area contributed by atoms with E-state index < -0.39 is 6.03 Å². The lowest BCUT2D eigenvalue weighted by Gasteiger charge is -2.33. The zero-order valence-electron chi connectivity index (χ0n) is 32.8. The average Bonchev–Trinajstić information content (AvgIpc) is 3.87. The molecule has 300 valence electrons. The molecule has 5 aromatic rings. The van der Waals surface area contributed by atoms with Crippen LogP contribution in [0.5, 0.6) is 5.75 Å². The summed E-state index contributed by atoms with van der Waals surface area (Å²) in [5, 5.41) is 18.6. The summed E-state index contributed by atoms with van der Waals surface area (Å²) in [5.74, 6) is 1.83. The highest BCUT2D eigenvalue weighted by molar-refractivity contribution is 6.31. The summed E-state index contributed by atoms with van der Waals surface area (Å²) >= 11 is 6.71. The molecule has 2 atom stereocenters. The average molecular weight is 796 g/mol. The number of anilines is 2. The molecule has 2 amide bonds. The Morgan fingerprint density at radius 2 is 1.77 bits per heavy atom. The highest BCUT2D eigenvalue weighted by Crippen LogP contribution is 2.39. The minimum atomic E-state index is -0.604. The number of benzene rings is 2. The Morgan fingerprint density at radius 3 is 2.54 bits per heavy atom. The van der Waals surface area contributed by atoms with Gasteiger partial charge in [0.1, 0.15) is 11.9 Å². The van der Waals surface area contributed by atoms with Gasteiger partial charge in [0.15, 0.2) is 11.5 Å². The van der Waals surface area contributed by atoms with Crippen molar-refractivity contribution in [2.24, 2.45) is 0 Å². The van der Waals surface area contributed by atoms with E-state index in [1.165, 1.54) is 6.42 Å². The van der Waals surface area contributed by atoms with Crippen molar-refractivity contribution in [1.29, 1.82) is 0 Å². The summed E-state index contributed by atoms with van der Waals surface area (Å²) < 4.78 is 15.8. The SMILES string of the molecule is CC(C)(C)c1cc(N(OC=O)C(=O)N[C@H]2CC[C@@H](Oc3ccc4nnc(N5CCCCC5)n4c3)c3ccccc32)n(-c2ccc(Cl)c(CCN3CCOCC3)c2)n1. The minimum Gasteiger partial charge on any atom is -0.484 e. The fourth-order valence-corrected chi connectivity index (χ4v) is 8.15. The predicted octanol–water partition coefficient (Wildman–Crippen LogP) is 6.99. The Labute approximate surface area is 337 Å². The summed E-state index contributed by atoms with van der Waals surface area (Å²) in [4.78, 5) is 36.4. The number of fused-ring (bicyclic) bond motifs is 2. The zero-order chi connectivity index (χ0) is 39.5. The third kappa shape index (κ3) is 8.44. The highest BCUT2D eigenvalue weighted by Gasteiger charge is 2.34. The summed E-state index contributed by atoms with van der Waals surface area (Å²) in [7, 11) is 0. The van der Waals surface area contributed by atoms with Crippen molar-refractivity contribution in [2.75, 3.05) is 55.9 Å². The third-order valence-electron chi connectivity index (χ3n) is 11.1. The molecule has 57 heavy (non-hydrogen) atoms. The third-order valence-corrected chi connectivity index (χ3v) is 11.5. The lowest BCUT2D eigenvalue weighted by Crippen LogP contribution is -2.43. The van der Waals surface area contributed by atoms with Gasteiger partial charge in [0, 0.05) is 49.2 Å². The van der Waals surface area contributed by atoms with Gasteiger partial charge in [0.25, 0.3) is 0 Å². The van der Waals surface area contributed by atoms with Gasteiger partial charge >= 0.3 is 12.5 Å². The molecule has 0 radical (unpaired) electrons. The number of carbonyl (C=O) groups is 2. The van der Waals surface area contributed by atoms with E-state index in [4.69, 9.17) is 31.0 Å². The molecule has 1 aliphatic carbocycles. The van der Waals surface area contributed by atoms with E-state index in [1.54, 1.807) is 10.7 Å². The van der Waals surface area contributed by atoms with Gasteiger partial charge in [-0.2, -0.15) is 5.10 Å². The smallest absolute Gasteiger partial charge is 0.357 e. The maximum Gasteiger partial charge on any atom is 0.357 e. The molecule has 2 aliphatic heterocycles. The molecule has 2 fully saturated rings. The maximum absolute atomic E-state index is 14.3. The number of urea groups is 1. The molecule has 1 N–H and O–H groups in total. The summed E-state index contributed by atoms with van der Waals surface area (Å²) in [6.45, 7) is 12.3. The number of amides is 2.